The molecule has 4 nitrogen and oxygen atoms in total. The van der Waals surface area contributed by atoms with Crippen molar-refractivity contribution < 1.29 is 0 Å². The molecule has 4 heteroatoms. The number of aromatic nitrogens is 3. The van der Waals surface area contributed by atoms with Gasteiger partial charge in [0.15, 0.2) is 5.52 Å². The van der Waals surface area contributed by atoms with Gasteiger partial charge in [-0.15, -0.1) is 0 Å². The van der Waals surface area contributed by atoms with Gasteiger partial charge in [0, 0.05) is 13.2 Å². The minimum atomic E-state index is -0.136. The van der Waals surface area contributed by atoms with Crippen molar-refractivity contribution in [3.05, 3.63) is 28.9 Å². The summed E-state index contributed by atoms with van der Waals surface area (Å²) in [6.45, 7) is 0. The molecule has 2 aromatic rings. The molecule has 0 saturated heterocycles. The Bertz CT molecular complexity index is 440. The van der Waals surface area contributed by atoms with E-state index in [1.54, 1.807) is 12.5 Å². The van der Waals surface area contributed by atoms with Gasteiger partial charge in [-0.05, 0) is 6.07 Å². The minimum Gasteiger partial charge on any atom is -0.334 e. The molecular formula is C7H7N3O. The van der Waals surface area contributed by atoms with Crippen LogP contribution in [0.25, 0.3) is 11.0 Å². The summed E-state index contributed by atoms with van der Waals surface area (Å²) in [5.41, 5.74) is 1.21. The Morgan fingerprint density at radius 3 is 3.18 bits per heavy atom. The zero-order valence-electron chi connectivity index (χ0n) is 6.03. The van der Waals surface area contributed by atoms with Crippen LogP contribution in [0.2, 0.25) is 0 Å². The number of pyridine rings is 1. The Balaban J connectivity index is 3.06. The fraction of sp³-hybridized carbons (Fsp3) is 0.143. The summed E-state index contributed by atoms with van der Waals surface area (Å²) in [7, 11) is 1.86. The van der Waals surface area contributed by atoms with Crippen LogP contribution in [0.1, 0.15) is 0 Å². The number of hydrogen-bond acceptors (Lipinski definition) is 2. The third kappa shape index (κ3) is 0.756. The number of H-pyrrole nitrogens is 1. The van der Waals surface area contributed by atoms with Crippen molar-refractivity contribution in [2.45, 2.75) is 0 Å². The van der Waals surface area contributed by atoms with Crippen LogP contribution in [0.3, 0.4) is 0 Å². The quantitative estimate of drug-likeness (QED) is 0.584. The number of aryl methyl sites for hydroxylation is 1. The van der Waals surface area contributed by atoms with Gasteiger partial charge in [0.05, 0.1) is 11.8 Å². The van der Waals surface area contributed by atoms with Gasteiger partial charge < -0.3 is 9.55 Å². The van der Waals surface area contributed by atoms with E-state index in [1.807, 2.05) is 17.7 Å². The summed E-state index contributed by atoms with van der Waals surface area (Å²) >= 11 is 0. The lowest BCUT2D eigenvalue weighted by Gasteiger charge is -1.90. The first-order valence-corrected chi connectivity index (χ1v) is 3.28. The Morgan fingerprint density at radius 2 is 2.45 bits per heavy atom. The molecule has 0 radical (unpaired) electrons. The molecule has 56 valence electrons. The number of fused-ring (bicyclic) bond motifs is 1. The van der Waals surface area contributed by atoms with Gasteiger partial charge in [-0.3, -0.25) is 4.79 Å². The molecule has 11 heavy (non-hydrogen) atoms. The van der Waals surface area contributed by atoms with Crippen LogP contribution in [-0.4, -0.2) is 14.5 Å². The van der Waals surface area contributed by atoms with Crippen molar-refractivity contribution >= 4 is 11.0 Å². The highest BCUT2D eigenvalue weighted by molar-refractivity contribution is 5.73. The first-order valence-electron chi connectivity index (χ1n) is 3.28. The van der Waals surface area contributed by atoms with Crippen molar-refractivity contribution in [2.24, 2.45) is 7.05 Å². The van der Waals surface area contributed by atoms with Crippen molar-refractivity contribution in [2.75, 3.05) is 0 Å². The van der Waals surface area contributed by atoms with Gasteiger partial charge in [0.2, 0.25) is 0 Å². The van der Waals surface area contributed by atoms with Crippen LogP contribution in [0.4, 0.5) is 0 Å². The van der Waals surface area contributed by atoms with Gasteiger partial charge in [0.1, 0.15) is 0 Å². The number of hydrogen-bond donors (Lipinski definition) is 1. The van der Waals surface area contributed by atoms with Gasteiger partial charge in [-0.25, -0.2) is 4.98 Å². The molecule has 0 aliphatic carbocycles. The Kier molecular flexibility index (Phi) is 1.09. The van der Waals surface area contributed by atoms with Gasteiger partial charge in [-0.2, -0.15) is 0 Å². The maximum atomic E-state index is 11.1. The Labute approximate surface area is 62.5 Å². The molecule has 0 amide bonds. The molecule has 0 aliphatic rings. The molecule has 0 bridgehead atoms. The number of nitrogens with zero attached hydrogens (tertiary/aromatic N) is 2. The second kappa shape index (κ2) is 1.95. The molecule has 0 aromatic carbocycles. The van der Waals surface area contributed by atoms with E-state index in [2.05, 4.69) is 9.97 Å². The van der Waals surface area contributed by atoms with Crippen LogP contribution in [0.5, 0.6) is 0 Å². The molecule has 0 aliphatic heterocycles. The Morgan fingerprint density at radius 1 is 1.64 bits per heavy atom. The molecule has 0 saturated carbocycles. The van der Waals surface area contributed by atoms with Gasteiger partial charge >= 0.3 is 0 Å². The maximum Gasteiger partial charge on any atom is 0.276 e. The fourth-order valence-corrected chi connectivity index (χ4v) is 1.08. The van der Waals surface area contributed by atoms with E-state index in [0.29, 0.717) is 5.52 Å². The van der Waals surface area contributed by atoms with E-state index in [9.17, 15) is 4.79 Å². The predicted octanol–water partition coefficient (Wildman–Crippen LogP) is 0.262. The molecule has 2 rings (SSSR count). The molecule has 1 N–H and O–H groups in total. The zero-order chi connectivity index (χ0) is 7.84. The maximum absolute atomic E-state index is 11.1. The SMILES string of the molecule is Cn1cnc2c(=O)[nH]ccc21. The molecule has 2 heterocycles. The topological polar surface area (TPSA) is 50.7 Å². The first-order chi connectivity index (χ1) is 5.29. The summed E-state index contributed by atoms with van der Waals surface area (Å²) in [6, 6.07) is 1.82. The van der Waals surface area contributed by atoms with Gasteiger partial charge in [-0.1, -0.05) is 0 Å². The third-order valence-electron chi connectivity index (χ3n) is 1.65. The van der Waals surface area contributed by atoms with Crippen molar-refractivity contribution in [3.63, 3.8) is 0 Å². The van der Waals surface area contributed by atoms with Crippen LogP contribution in [0.15, 0.2) is 23.4 Å². The summed E-state index contributed by atoms with van der Waals surface area (Å²) < 4.78 is 1.81. The van der Waals surface area contributed by atoms with Crippen LogP contribution in [0, 0.1) is 0 Å². The zero-order valence-corrected chi connectivity index (χ0v) is 6.03. The summed E-state index contributed by atoms with van der Waals surface area (Å²) in [4.78, 5) is 17.6. The number of rotatable bonds is 0. The lowest BCUT2D eigenvalue weighted by Crippen LogP contribution is -2.04. The molecule has 0 atom stereocenters. The van der Waals surface area contributed by atoms with E-state index in [1.165, 1.54) is 0 Å². The average Bonchev–Trinajstić information content (AvgIpc) is 2.35. The standard InChI is InChI=1S/C7H7N3O/c1-10-4-9-6-5(10)2-3-8-7(6)11/h2-4H,1H3,(H,8,11). The summed E-state index contributed by atoms with van der Waals surface area (Å²) in [5, 5.41) is 0. The average molecular weight is 149 g/mol. The smallest absolute Gasteiger partial charge is 0.276 e. The van der Waals surface area contributed by atoms with Crippen molar-refractivity contribution in [1.29, 1.82) is 0 Å². The normalized spacial score (nSPS) is 10.6. The highest BCUT2D eigenvalue weighted by Crippen LogP contribution is 2.03. The number of aromatic amines is 1. The summed E-state index contributed by atoms with van der Waals surface area (Å²) in [6.07, 6.45) is 3.24. The van der Waals surface area contributed by atoms with E-state index < -0.39 is 0 Å². The second-order valence-electron chi connectivity index (χ2n) is 2.40. The highest BCUT2D eigenvalue weighted by atomic mass is 16.1. The largest absolute Gasteiger partial charge is 0.334 e. The van der Waals surface area contributed by atoms with Crippen LogP contribution in [-0.2, 0) is 7.05 Å². The molecule has 2 aromatic heterocycles. The van der Waals surface area contributed by atoms with Gasteiger partial charge in [0.25, 0.3) is 5.56 Å². The second-order valence-corrected chi connectivity index (χ2v) is 2.40. The van der Waals surface area contributed by atoms with Crippen LogP contribution < -0.4 is 5.56 Å². The Hall–Kier alpha value is -1.58. The highest BCUT2D eigenvalue weighted by Gasteiger charge is 2.00. The number of nitrogens with one attached hydrogen (secondary N) is 1. The lowest BCUT2D eigenvalue weighted by molar-refractivity contribution is 0.947. The summed E-state index contributed by atoms with van der Waals surface area (Å²) in [5.74, 6) is 0. The van der Waals surface area contributed by atoms with Crippen molar-refractivity contribution in [3.8, 4) is 0 Å². The van der Waals surface area contributed by atoms with Crippen molar-refractivity contribution in [1.82, 2.24) is 14.5 Å². The number of imidazole rings is 1. The molecule has 0 fully saturated rings. The van der Waals surface area contributed by atoms with Crippen LogP contribution >= 0.6 is 0 Å². The van der Waals surface area contributed by atoms with E-state index >= 15 is 0 Å². The van der Waals surface area contributed by atoms with E-state index in [4.69, 9.17) is 0 Å². The lowest BCUT2D eigenvalue weighted by atomic mass is 10.4. The molecule has 0 spiro atoms. The predicted molar refractivity (Wildman–Crippen MR) is 41.3 cm³/mol. The molecule has 0 unspecified atom stereocenters. The fourth-order valence-electron chi connectivity index (χ4n) is 1.08. The van der Waals surface area contributed by atoms with E-state index in [-0.39, 0.29) is 5.56 Å². The minimum absolute atomic E-state index is 0.136. The van der Waals surface area contributed by atoms with E-state index in [0.717, 1.165) is 5.52 Å². The molecular weight excluding hydrogens is 142 g/mol. The third-order valence-corrected chi connectivity index (χ3v) is 1.65. The first kappa shape index (κ1) is 6.15. The monoisotopic (exact) mass is 149 g/mol.